The topological polar surface area (TPSA) is 44.4 Å². The third kappa shape index (κ3) is 9.53. The van der Waals surface area contributed by atoms with E-state index < -0.39 is 0 Å². The minimum atomic E-state index is -0.0287. The standard InChI is InChI=1S/C11H25N3O/c1-10(2)6-5-7-12-8-9-13-11(15)14(3)4/h10,12H,5-9H2,1-4H3,(H,13,15). The van der Waals surface area contributed by atoms with Crippen LogP contribution in [0.2, 0.25) is 0 Å². The van der Waals surface area contributed by atoms with Gasteiger partial charge in [-0.25, -0.2) is 4.79 Å². The molecule has 0 aliphatic rings. The molecule has 0 bridgehead atoms. The van der Waals surface area contributed by atoms with E-state index in [1.54, 1.807) is 19.0 Å². The van der Waals surface area contributed by atoms with Crippen molar-refractivity contribution >= 4 is 6.03 Å². The summed E-state index contributed by atoms with van der Waals surface area (Å²) in [4.78, 5) is 12.6. The molecule has 0 heterocycles. The van der Waals surface area contributed by atoms with Crippen molar-refractivity contribution in [2.45, 2.75) is 26.7 Å². The highest BCUT2D eigenvalue weighted by Crippen LogP contribution is 2.01. The third-order valence-electron chi connectivity index (χ3n) is 2.12. The summed E-state index contributed by atoms with van der Waals surface area (Å²) in [7, 11) is 3.48. The second-order valence-electron chi connectivity index (χ2n) is 4.41. The van der Waals surface area contributed by atoms with Gasteiger partial charge in [-0.15, -0.1) is 0 Å². The number of rotatable bonds is 7. The fraction of sp³-hybridized carbons (Fsp3) is 0.909. The lowest BCUT2D eigenvalue weighted by atomic mass is 10.1. The molecule has 0 unspecified atom stereocenters. The predicted octanol–water partition coefficient (Wildman–Crippen LogP) is 1.28. The van der Waals surface area contributed by atoms with Crippen LogP contribution in [0.25, 0.3) is 0 Å². The number of carbonyl (C=O) groups excluding carboxylic acids is 1. The van der Waals surface area contributed by atoms with Gasteiger partial charge in [0.05, 0.1) is 0 Å². The van der Waals surface area contributed by atoms with Crippen molar-refractivity contribution in [1.29, 1.82) is 0 Å². The summed E-state index contributed by atoms with van der Waals surface area (Å²) >= 11 is 0. The Morgan fingerprint density at radius 1 is 1.20 bits per heavy atom. The van der Waals surface area contributed by atoms with Crippen LogP contribution in [-0.4, -0.2) is 44.7 Å². The Morgan fingerprint density at radius 3 is 2.40 bits per heavy atom. The van der Waals surface area contributed by atoms with Crippen molar-refractivity contribution in [3.63, 3.8) is 0 Å². The highest BCUT2D eigenvalue weighted by molar-refractivity contribution is 5.73. The lowest BCUT2D eigenvalue weighted by Crippen LogP contribution is -2.38. The quantitative estimate of drug-likeness (QED) is 0.628. The first-order chi connectivity index (χ1) is 7.04. The second kappa shape index (κ2) is 8.53. The van der Waals surface area contributed by atoms with Crippen LogP contribution in [0.4, 0.5) is 4.79 Å². The zero-order valence-electron chi connectivity index (χ0n) is 10.5. The Labute approximate surface area is 93.4 Å². The average molecular weight is 215 g/mol. The Kier molecular flexibility index (Phi) is 8.09. The Morgan fingerprint density at radius 2 is 1.87 bits per heavy atom. The van der Waals surface area contributed by atoms with E-state index in [0.29, 0.717) is 6.54 Å². The number of carbonyl (C=O) groups is 1. The van der Waals surface area contributed by atoms with Crippen LogP contribution in [0.3, 0.4) is 0 Å². The van der Waals surface area contributed by atoms with Crippen molar-refractivity contribution < 1.29 is 4.79 Å². The van der Waals surface area contributed by atoms with Gasteiger partial charge in [0, 0.05) is 27.2 Å². The lowest BCUT2D eigenvalue weighted by molar-refractivity contribution is 0.217. The largest absolute Gasteiger partial charge is 0.337 e. The van der Waals surface area contributed by atoms with Gasteiger partial charge in [0.25, 0.3) is 0 Å². The van der Waals surface area contributed by atoms with Gasteiger partial charge in [-0.1, -0.05) is 13.8 Å². The van der Waals surface area contributed by atoms with E-state index >= 15 is 0 Å². The summed E-state index contributed by atoms with van der Waals surface area (Å²) in [5.41, 5.74) is 0. The Bertz CT molecular complexity index is 169. The monoisotopic (exact) mass is 215 g/mol. The first-order valence-corrected chi connectivity index (χ1v) is 5.70. The molecule has 90 valence electrons. The molecule has 4 heteroatoms. The van der Waals surface area contributed by atoms with Crippen molar-refractivity contribution in [2.75, 3.05) is 33.7 Å². The molecule has 0 aromatic heterocycles. The lowest BCUT2D eigenvalue weighted by Gasteiger charge is -2.12. The fourth-order valence-corrected chi connectivity index (χ4v) is 1.18. The third-order valence-corrected chi connectivity index (χ3v) is 2.12. The summed E-state index contributed by atoms with van der Waals surface area (Å²) < 4.78 is 0. The predicted molar refractivity (Wildman–Crippen MR) is 64.0 cm³/mol. The van der Waals surface area contributed by atoms with Gasteiger partial charge in [-0.2, -0.15) is 0 Å². The summed E-state index contributed by atoms with van der Waals surface area (Å²) in [6.45, 7) is 7.04. The molecular weight excluding hydrogens is 190 g/mol. The van der Waals surface area contributed by atoms with Crippen LogP contribution in [0.15, 0.2) is 0 Å². The van der Waals surface area contributed by atoms with Crippen LogP contribution < -0.4 is 10.6 Å². The maximum absolute atomic E-state index is 11.1. The van der Waals surface area contributed by atoms with E-state index in [4.69, 9.17) is 0 Å². The van der Waals surface area contributed by atoms with Gasteiger partial charge in [0.1, 0.15) is 0 Å². The number of nitrogens with one attached hydrogen (secondary N) is 2. The van der Waals surface area contributed by atoms with Crippen LogP contribution in [-0.2, 0) is 0 Å². The summed E-state index contributed by atoms with van der Waals surface area (Å²) in [6.07, 6.45) is 2.47. The maximum Gasteiger partial charge on any atom is 0.316 e. The van der Waals surface area contributed by atoms with Crippen molar-refractivity contribution in [1.82, 2.24) is 15.5 Å². The summed E-state index contributed by atoms with van der Waals surface area (Å²) in [5, 5.41) is 6.11. The number of amides is 2. The molecular formula is C11H25N3O. The number of nitrogens with zero attached hydrogens (tertiary/aromatic N) is 1. The molecule has 0 aromatic rings. The molecule has 0 aromatic carbocycles. The smallest absolute Gasteiger partial charge is 0.316 e. The van der Waals surface area contributed by atoms with E-state index in [9.17, 15) is 4.79 Å². The molecule has 0 aliphatic heterocycles. The average Bonchev–Trinajstić information content (AvgIpc) is 2.15. The molecule has 15 heavy (non-hydrogen) atoms. The van der Waals surface area contributed by atoms with Gasteiger partial charge in [0.15, 0.2) is 0 Å². The van der Waals surface area contributed by atoms with Gasteiger partial charge in [0.2, 0.25) is 0 Å². The molecule has 2 amide bonds. The van der Waals surface area contributed by atoms with E-state index in [1.165, 1.54) is 12.8 Å². The molecule has 0 fully saturated rings. The molecule has 0 rings (SSSR count). The second-order valence-corrected chi connectivity index (χ2v) is 4.41. The minimum Gasteiger partial charge on any atom is -0.337 e. The normalized spacial score (nSPS) is 10.5. The van der Waals surface area contributed by atoms with Gasteiger partial charge < -0.3 is 15.5 Å². The molecule has 2 N–H and O–H groups in total. The SMILES string of the molecule is CC(C)CCCNCCNC(=O)N(C)C. The molecule has 0 atom stereocenters. The van der Waals surface area contributed by atoms with E-state index in [1.807, 2.05) is 0 Å². The van der Waals surface area contributed by atoms with Crippen molar-refractivity contribution in [2.24, 2.45) is 5.92 Å². The fourth-order valence-electron chi connectivity index (χ4n) is 1.18. The van der Waals surface area contributed by atoms with E-state index in [2.05, 4.69) is 24.5 Å². The van der Waals surface area contributed by atoms with Crippen molar-refractivity contribution in [3.8, 4) is 0 Å². The van der Waals surface area contributed by atoms with Gasteiger partial charge >= 0.3 is 6.03 Å². The summed E-state index contributed by atoms with van der Waals surface area (Å²) in [5.74, 6) is 0.778. The van der Waals surface area contributed by atoms with Crippen LogP contribution in [0, 0.1) is 5.92 Å². The molecule has 0 spiro atoms. The molecule has 0 saturated heterocycles. The van der Waals surface area contributed by atoms with E-state index in [0.717, 1.165) is 19.0 Å². The Hall–Kier alpha value is -0.770. The number of hydrogen-bond donors (Lipinski definition) is 2. The van der Waals surface area contributed by atoms with Crippen LogP contribution >= 0.6 is 0 Å². The number of hydrogen-bond acceptors (Lipinski definition) is 2. The zero-order chi connectivity index (χ0) is 11.7. The first-order valence-electron chi connectivity index (χ1n) is 5.70. The minimum absolute atomic E-state index is 0.0287. The van der Waals surface area contributed by atoms with Gasteiger partial charge in [-0.3, -0.25) is 0 Å². The number of urea groups is 1. The zero-order valence-corrected chi connectivity index (χ0v) is 10.5. The van der Waals surface area contributed by atoms with E-state index in [-0.39, 0.29) is 6.03 Å². The molecule has 4 nitrogen and oxygen atoms in total. The molecule has 0 saturated carbocycles. The first kappa shape index (κ1) is 14.2. The highest BCUT2D eigenvalue weighted by Gasteiger charge is 2.00. The van der Waals surface area contributed by atoms with Crippen molar-refractivity contribution in [3.05, 3.63) is 0 Å². The van der Waals surface area contributed by atoms with Gasteiger partial charge in [-0.05, 0) is 25.3 Å². The Balaban J connectivity index is 3.15. The maximum atomic E-state index is 11.1. The van der Waals surface area contributed by atoms with Crippen LogP contribution in [0.5, 0.6) is 0 Å². The molecule has 0 aliphatic carbocycles. The molecule has 0 radical (unpaired) electrons. The van der Waals surface area contributed by atoms with Crippen LogP contribution in [0.1, 0.15) is 26.7 Å². The highest BCUT2D eigenvalue weighted by atomic mass is 16.2. The summed E-state index contributed by atoms with van der Waals surface area (Å²) in [6, 6.07) is -0.0287.